The van der Waals surface area contributed by atoms with E-state index in [1.807, 2.05) is 19.1 Å². The maximum atomic E-state index is 12.0. The summed E-state index contributed by atoms with van der Waals surface area (Å²) >= 11 is 5.90. The van der Waals surface area contributed by atoms with Crippen molar-refractivity contribution in [3.63, 3.8) is 0 Å². The van der Waals surface area contributed by atoms with Crippen LogP contribution >= 0.6 is 11.6 Å². The number of aliphatic hydroxyl groups is 1. The Morgan fingerprint density at radius 2 is 2.37 bits per heavy atom. The summed E-state index contributed by atoms with van der Waals surface area (Å²) in [6.07, 6.45) is 3.29. The van der Waals surface area contributed by atoms with Crippen LogP contribution < -0.4 is 5.32 Å². The lowest BCUT2D eigenvalue weighted by atomic mass is 9.85. The molecular weight excluding hydrogens is 262 g/mol. The Morgan fingerprint density at radius 3 is 3.05 bits per heavy atom. The number of carbonyl (C=O) groups excluding carboxylic acids is 1. The molecule has 104 valence electrons. The Hall–Kier alpha value is -1.06. The average Bonchev–Trinajstić information content (AvgIpc) is 2.71. The molecule has 0 spiro atoms. The van der Waals surface area contributed by atoms with Crippen LogP contribution in [0.5, 0.6) is 0 Å². The second kappa shape index (κ2) is 5.93. The minimum atomic E-state index is -0.177. The SMILES string of the molecule is CC1(CO)CCCC1NC(=O)Cc1cccc(Cl)c1. The van der Waals surface area contributed by atoms with Crippen LogP contribution in [-0.2, 0) is 11.2 Å². The molecular formula is C15H20ClNO2. The van der Waals surface area contributed by atoms with Gasteiger partial charge in [-0.3, -0.25) is 4.79 Å². The van der Waals surface area contributed by atoms with E-state index < -0.39 is 0 Å². The third-order valence-corrected chi connectivity index (χ3v) is 4.27. The number of nitrogens with one attached hydrogen (secondary N) is 1. The summed E-state index contributed by atoms with van der Waals surface area (Å²) in [7, 11) is 0. The zero-order chi connectivity index (χ0) is 13.9. The van der Waals surface area contributed by atoms with E-state index in [0.29, 0.717) is 11.4 Å². The predicted octanol–water partition coefficient (Wildman–Crippen LogP) is 2.55. The molecule has 19 heavy (non-hydrogen) atoms. The summed E-state index contributed by atoms with van der Waals surface area (Å²) in [6.45, 7) is 2.15. The molecule has 0 radical (unpaired) electrons. The highest BCUT2D eigenvalue weighted by Crippen LogP contribution is 2.37. The number of benzene rings is 1. The smallest absolute Gasteiger partial charge is 0.224 e. The fourth-order valence-corrected chi connectivity index (χ4v) is 2.96. The van der Waals surface area contributed by atoms with Crippen molar-refractivity contribution in [3.8, 4) is 0 Å². The van der Waals surface area contributed by atoms with Gasteiger partial charge in [0.05, 0.1) is 13.0 Å². The summed E-state index contributed by atoms with van der Waals surface area (Å²) in [6, 6.07) is 7.41. The average molecular weight is 282 g/mol. The molecule has 1 aromatic rings. The van der Waals surface area contributed by atoms with Gasteiger partial charge in [-0.2, -0.15) is 0 Å². The number of rotatable bonds is 4. The number of hydrogen-bond acceptors (Lipinski definition) is 2. The van der Waals surface area contributed by atoms with Gasteiger partial charge in [0.15, 0.2) is 0 Å². The van der Waals surface area contributed by atoms with Crippen LogP contribution in [-0.4, -0.2) is 23.7 Å². The van der Waals surface area contributed by atoms with E-state index in [-0.39, 0.29) is 24.0 Å². The molecule has 2 N–H and O–H groups in total. The first-order valence-electron chi connectivity index (χ1n) is 6.68. The third kappa shape index (κ3) is 3.48. The lowest BCUT2D eigenvalue weighted by molar-refractivity contribution is -0.122. The summed E-state index contributed by atoms with van der Waals surface area (Å²) < 4.78 is 0. The fraction of sp³-hybridized carbons (Fsp3) is 0.533. The van der Waals surface area contributed by atoms with E-state index in [2.05, 4.69) is 5.32 Å². The van der Waals surface area contributed by atoms with Crippen LogP contribution in [0.2, 0.25) is 5.02 Å². The summed E-state index contributed by atoms with van der Waals surface area (Å²) in [5.41, 5.74) is 0.734. The minimum Gasteiger partial charge on any atom is -0.396 e. The van der Waals surface area contributed by atoms with Gasteiger partial charge in [-0.25, -0.2) is 0 Å². The molecule has 0 aromatic heterocycles. The van der Waals surface area contributed by atoms with Crippen molar-refractivity contribution in [3.05, 3.63) is 34.9 Å². The first kappa shape index (κ1) is 14.4. The zero-order valence-corrected chi connectivity index (χ0v) is 11.9. The van der Waals surface area contributed by atoms with Crippen molar-refractivity contribution in [2.75, 3.05) is 6.61 Å². The lowest BCUT2D eigenvalue weighted by Crippen LogP contribution is -2.45. The van der Waals surface area contributed by atoms with Gasteiger partial charge in [0, 0.05) is 16.5 Å². The molecule has 1 amide bonds. The van der Waals surface area contributed by atoms with Crippen molar-refractivity contribution < 1.29 is 9.90 Å². The Bertz CT molecular complexity index is 463. The molecule has 0 heterocycles. The van der Waals surface area contributed by atoms with Gasteiger partial charge in [-0.1, -0.05) is 37.1 Å². The van der Waals surface area contributed by atoms with Gasteiger partial charge in [0.1, 0.15) is 0 Å². The zero-order valence-electron chi connectivity index (χ0n) is 11.2. The van der Waals surface area contributed by atoms with E-state index in [9.17, 15) is 9.90 Å². The first-order chi connectivity index (χ1) is 9.03. The van der Waals surface area contributed by atoms with Crippen LogP contribution in [0.3, 0.4) is 0 Å². The van der Waals surface area contributed by atoms with Gasteiger partial charge >= 0.3 is 0 Å². The maximum Gasteiger partial charge on any atom is 0.224 e. The number of hydrogen-bond donors (Lipinski definition) is 2. The maximum absolute atomic E-state index is 12.0. The van der Waals surface area contributed by atoms with E-state index >= 15 is 0 Å². The second-order valence-corrected chi connectivity index (χ2v) is 6.07. The quantitative estimate of drug-likeness (QED) is 0.891. The van der Waals surface area contributed by atoms with Crippen molar-refractivity contribution in [1.82, 2.24) is 5.32 Å². The molecule has 2 atom stereocenters. The van der Waals surface area contributed by atoms with E-state index in [0.717, 1.165) is 24.8 Å². The number of halogens is 1. The van der Waals surface area contributed by atoms with Crippen LogP contribution in [0, 0.1) is 5.41 Å². The van der Waals surface area contributed by atoms with Crippen LogP contribution in [0.4, 0.5) is 0 Å². The molecule has 0 saturated heterocycles. The van der Waals surface area contributed by atoms with Gasteiger partial charge in [0.2, 0.25) is 5.91 Å². The van der Waals surface area contributed by atoms with Gasteiger partial charge in [0.25, 0.3) is 0 Å². The molecule has 4 heteroatoms. The number of carbonyl (C=O) groups is 1. The molecule has 1 aliphatic carbocycles. The van der Waals surface area contributed by atoms with Crippen molar-refractivity contribution in [1.29, 1.82) is 0 Å². The van der Waals surface area contributed by atoms with E-state index in [1.165, 1.54) is 0 Å². The van der Waals surface area contributed by atoms with Crippen molar-refractivity contribution >= 4 is 17.5 Å². The minimum absolute atomic E-state index is 0.00570. The highest BCUT2D eigenvalue weighted by atomic mass is 35.5. The molecule has 0 aliphatic heterocycles. The Balaban J connectivity index is 1.95. The molecule has 1 aliphatic rings. The molecule has 1 fully saturated rings. The molecule has 1 aromatic carbocycles. The highest BCUT2D eigenvalue weighted by Gasteiger charge is 2.38. The molecule has 2 unspecified atom stereocenters. The van der Waals surface area contributed by atoms with Crippen LogP contribution in [0.1, 0.15) is 31.7 Å². The third-order valence-electron chi connectivity index (χ3n) is 4.03. The topological polar surface area (TPSA) is 49.3 Å². The Morgan fingerprint density at radius 1 is 1.58 bits per heavy atom. The lowest BCUT2D eigenvalue weighted by Gasteiger charge is -2.30. The molecule has 3 nitrogen and oxygen atoms in total. The number of amides is 1. The van der Waals surface area contributed by atoms with Gasteiger partial charge in [-0.05, 0) is 30.5 Å². The van der Waals surface area contributed by atoms with Crippen LogP contribution in [0.25, 0.3) is 0 Å². The van der Waals surface area contributed by atoms with Crippen molar-refractivity contribution in [2.45, 2.75) is 38.6 Å². The molecule has 0 bridgehead atoms. The molecule has 1 saturated carbocycles. The van der Waals surface area contributed by atoms with E-state index in [1.54, 1.807) is 12.1 Å². The normalized spacial score (nSPS) is 26.4. The van der Waals surface area contributed by atoms with Crippen molar-refractivity contribution in [2.24, 2.45) is 5.41 Å². The predicted molar refractivity (Wildman–Crippen MR) is 76.1 cm³/mol. The Labute approximate surface area is 119 Å². The standard InChI is InChI=1S/C15H20ClNO2/c1-15(10-18)7-3-6-13(15)17-14(19)9-11-4-2-5-12(16)8-11/h2,4-5,8,13,18H,3,6-7,9-10H2,1H3,(H,17,19). The van der Waals surface area contributed by atoms with Gasteiger partial charge in [-0.15, -0.1) is 0 Å². The summed E-state index contributed by atoms with van der Waals surface area (Å²) in [5, 5.41) is 13.2. The van der Waals surface area contributed by atoms with Gasteiger partial charge < -0.3 is 10.4 Å². The highest BCUT2D eigenvalue weighted by molar-refractivity contribution is 6.30. The number of aliphatic hydroxyl groups excluding tert-OH is 1. The fourth-order valence-electron chi connectivity index (χ4n) is 2.75. The molecule has 2 rings (SSSR count). The monoisotopic (exact) mass is 281 g/mol. The first-order valence-corrected chi connectivity index (χ1v) is 7.06. The largest absolute Gasteiger partial charge is 0.396 e. The summed E-state index contributed by atoms with van der Waals surface area (Å²) in [5.74, 6) is -0.00570. The summed E-state index contributed by atoms with van der Waals surface area (Å²) in [4.78, 5) is 12.0. The van der Waals surface area contributed by atoms with Crippen LogP contribution in [0.15, 0.2) is 24.3 Å². The second-order valence-electron chi connectivity index (χ2n) is 5.63. The Kier molecular flexibility index (Phi) is 4.48. The van der Waals surface area contributed by atoms with E-state index in [4.69, 9.17) is 11.6 Å².